The van der Waals surface area contributed by atoms with Crippen molar-refractivity contribution in [2.45, 2.75) is 26.2 Å². The Bertz CT molecular complexity index is 793. The van der Waals surface area contributed by atoms with Gasteiger partial charge in [0.2, 0.25) is 0 Å². The normalized spacial score (nSPS) is 11.4. The standard InChI is InChI=1S/C20H23BrN2O4/c1-4-13(2)15-7-10-18(17(21)11-15)27-12-19(24)22-23-20(25)14-5-8-16(26-3)9-6-14/h5-11,13H,4,12H2,1-3H3,(H,22,24)(H,23,25). The first-order chi connectivity index (χ1) is 12.9. The molecule has 0 aromatic heterocycles. The van der Waals surface area contributed by atoms with Crippen molar-refractivity contribution >= 4 is 27.7 Å². The van der Waals surface area contributed by atoms with Crippen molar-refractivity contribution in [2.24, 2.45) is 0 Å². The van der Waals surface area contributed by atoms with Crippen molar-refractivity contribution in [1.82, 2.24) is 10.9 Å². The van der Waals surface area contributed by atoms with Crippen LogP contribution in [-0.4, -0.2) is 25.5 Å². The van der Waals surface area contributed by atoms with E-state index in [1.165, 1.54) is 5.56 Å². The summed E-state index contributed by atoms with van der Waals surface area (Å²) in [6, 6.07) is 12.3. The lowest BCUT2D eigenvalue weighted by Crippen LogP contribution is -2.43. The number of amides is 2. The van der Waals surface area contributed by atoms with Crippen molar-refractivity contribution in [3.63, 3.8) is 0 Å². The van der Waals surface area contributed by atoms with Crippen molar-refractivity contribution in [3.8, 4) is 11.5 Å². The zero-order valence-electron chi connectivity index (χ0n) is 15.5. The van der Waals surface area contributed by atoms with E-state index in [4.69, 9.17) is 9.47 Å². The van der Waals surface area contributed by atoms with E-state index >= 15 is 0 Å². The van der Waals surface area contributed by atoms with E-state index in [9.17, 15) is 9.59 Å². The van der Waals surface area contributed by atoms with Gasteiger partial charge in [-0.3, -0.25) is 20.4 Å². The molecule has 2 amide bonds. The molecule has 144 valence electrons. The summed E-state index contributed by atoms with van der Waals surface area (Å²) in [6.45, 7) is 4.07. The van der Waals surface area contributed by atoms with Gasteiger partial charge in [0.05, 0.1) is 11.6 Å². The average molecular weight is 435 g/mol. The maximum absolute atomic E-state index is 12.0. The highest BCUT2D eigenvalue weighted by Crippen LogP contribution is 2.29. The van der Waals surface area contributed by atoms with Crippen molar-refractivity contribution < 1.29 is 19.1 Å². The third-order valence-corrected chi connectivity index (χ3v) is 4.78. The summed E-state index contributed by atoms with van der Waals surface area (Å²) in [7, 11) is 1.55. The molecule has 1 unspecified atom stereocenters. The van der Waals surface area contributed by atoms with Crippen molar-refractivity contribution in [1.29, 1.82) is 0 Å². The van der Waals surface area contributed by atoms with E-state index in [-0.39, 0.29) is 6.61 Å². The summed E-state index contributed by atoms with van der Waals surface area (Å²) in [4.78, 5) is 23.9. The number of hydrazine groups is 1. The third-order valence-electron chi connectivity index (χ3n) is 4.16. The smallest absolute Gasteiger partial charge is 0.276 e. The monoisotopic (exact) mass is 434 g/mol. The lowest BCUT2D eigenvalue weighted by atomic mass is 9.99. The topological polar surface area (TPSA) is 76.7 Å². The molecule has 2 aromatic rings. The van der Waals surface area contributed by atoms with Gasteiger partial charge in [-0.2, -0.15) is 0 Å². The predicted octanol–water partition coefficient (Wildman–Crippen LogP) is 3.81. The van der Waals surface area contributed by atoms with Crippen molar-refractivity contribution in [3.05, 3.63) is 58.1 Å². The second-order valence-electron chi connectivity index (χ2n) is 6.02. The maximum Gasteiger partial charge on any atom is 0.276 e. The molecule has 0 fully saturated rings. The molecular formula is C20H23BrN2O4. The number of carbonyl (C=O) groups excluding carboxylic acids is 2. The minimum Gasteiger partial charge on any atom is -0.497 e. The zero-order valence-corrected chi connectivity index (χ0v) is 17.1. The van der Waals surface area contributed by atoms with Gasteiger partial charge in [0.1, 0.15) is 11.5 Å². The van der Waals surface area contributed by atoms with Crippen LogP contribution in [0, 0.1) is 0 Å². The molecule has 7 heteroatoms. The Morgan fingerprint density at radius 1 is 1.11 bits per heavy atom. The second kappa shape index (κ2) is 9.97. The molecule has 0 saturated carbocycles. The first kappa shape index (κ1) is 20.8. The fourth-order valence-electron chi connectivity index (χ4n) is 2.30. The van der Waals surface area contributed by atoms with Crippen LogP contribution in [0.2, 0.25) is 0 Å². The number of carbonyl (C=O) groups is 2. The third kappa shape index (κ3) is 5.99. The number of nitrogens with one attached hydrogen (secondary N) is 2. The molecule has 0 heterocycles. The minimum atomic E-state index is -0.463. The molecule has 6 nitrogen and oxygen atoms in total. The van der Waals surface area contributed by atoms with Crippen molar-refractivity contribution in [2.75, 3.05) is 13.7 Å². The van der Waals surface area contributed by atoms with Gasteiger partial charge in [-0.05, 0) is 70.2 Å². The fourth-order valence-corrected chi connectivity index (χ4v) is 2.81. The molecule has 1 atom stereocenters. The van der Waals surface area contributed by atoms with Crippen LogP contribution >= 0.6 is 15.9 Å². The molecule has 0 aliphatic carbocycles. The highest BCUT2D eigenvalue weighted by Gasteiger charge is 2.11. The van der Waals surface area contributed by atoms with Crippen LogP contribution in [0.4, 0.5) is 0 Å². The van der Waals surface area contributed by atoms with Gasteiger partial charge < -0.3 is 9.47 Å². The van der Waals surface area contributed by atoms with E-state index < -0.39 is 11.8 Å². The molecule has 0 bridgehead atoms. The van der Waals surface area contributed by atoms with E-state index in [1.54, 1.807) is 31.4 Å². The summed E-state index contributed by atoms with van der Waals surface area (Å²) in [5.41, 5.74) is 6.28. The van der Waals surface area contributed by atoms with Crippen LogP contribution in [-0.2, 0) is 4.79 Å². The quantitative estimate of drug-likeness (QED) is 0.649. The highest BCUT2D eigenvalue weighted by molar-refractivity contribution is 9.10. The average Bonchev–Trinajstić information content (AvgIpc) is 2.70. The molecule has 0 aliphatic rings. The minimum absolute atomic E-state index is 0.218. The van der Waals surface area contributed by atoms with Gasteiger partial charge in [-0.15, -0.1) is 0 Å². The molecule has 2 aromatic carbocycles. The van der Waals surface area contributed by atoms with Crippen LogP contribution < -0.4 is 20.3 Å². The second-order valence-corrected chi connectivity index (χ2v) is 6.87. The summed E-state index contributed by atoms with van der Waals surface area (Å²) >= 11 is 3.46. The van der Waals surface area contributed by atoms with E-state index in [1.807, 2.05) is 18.2 Å². The number of benzene rings is 2. The molecule has 2 N–H and O–H groups in total. The first-order valence-corrected chi connectivity index (χ1v) is 9.39. The lowest BCUT2D eigenvalue weighted by Gasteiger charge is -2.13. The summed E-state index contributed by atoms with van der Waals surface area (Å²) in [6.07, 6.45) is 1.04. The number of ether oxygens (including phenoxy) is 2. The molecule has 27 heavy (non-hydrogen) atoms. The maximum atomic E-state index is 12.0. The van der Waals surface area contributed by atoms with Gasteiger partial charge >= 0.3 is 0 Å². The number of hydrogen-bond donors (Lipinski definition) is 2. The highest BCUT2D eigenvalue weighted by atomic mass is 79.9. The summed E-state index contributed by atoms with van der Waals surface area (Å²) < 4.78 is 11.3. The Labute approximate surface area is 167 Å². The summed E-state index contributed by atoms with van der Waals surface area (Å²) in [5.74, 6) is 0.777. The first-order valence-electron chi connectivity index (χ1n) is 8.60. The number of methoxy groups -OCH3 is 1. The molecule has 0 saturated heterocycles. The molecule has 2 rings (SSSR count). The van der Waals surface area contributed by atoms with E-state index in [0.717, 1.165) is 10.9 Å². The molecular weight excluding hydrogens is 412 g/mol. The van der Waals surface area contributed by atoms with Crippen LogP contribution in [0.25, 0.3) is 0 Å². The molecule has 0 radical (unpaired) electrons. The van der Waals surface area contributed by atoms with Crippen LogP contribution in [0.15, 0.2) is 46.9 Å². The van der Waals surface area contributed by atoms with Gasteiger partial charge in [-0.25, -0.2) is 0 Å². The fraction of sp³-hybridized carbons (Fsp3) is 0.300. The number of hydrogen-bond acceptors (Lipinski definition) is 4. The predicted molar refractivity (Wildman–Crippen MR) is 107 cm³/mol. The van der Waals surface area contributed by atoms with Crippen LogP contribution in [0.3, 0.4) is 0 Å². The van der Waals surface area contributed by atoms with E-state index in [0.29, 0.717) is 23.0 Å². The number of halogens is 1. The molecule has 0 aliphatic heterocycles. The zero-order chi connectivity index (χ0) is 19.8. The van der Waals surface area contributed by atoms with Gasteiger partial charge in [0.15, 0.2) is 6.61 Å². The number of rotatable bonds is 7. The van der Waals surface area contributed by atoms with Gasteiger partial charge in [0, 0.05) is 5.56 Å². The molecule has 0 spiro atoms. The SMILES string of the molecule is CCC(C)c1ccc(OCC(=O)NNC(=O)c2ccc(OC)cc2)c(Br)c1. The Balaban J connectivity index is 1.82. The van der Waals surface area contributed by atoms with E-state index in [2.05, 4.69) is 40.6 Å². The Kier molecular flexibility index (Phi) is 7.67. The largest absolute Gasteiger partial charge is 0.497 e. The van der Waals surface area contributed by atoms with Crippen LogP contribution in [0.1, 0.15) is 42.1 Å². The van der Waals surface area contributed by atoms with Gasteiger partial charge in [-0.1, -0.05) is 19.9 Å². The Hall–Kier alpha value is -2.54. The lowest BCUT2D eigenvalue weighted by molar-refractivity contribution is -0.123. The van der Waals surface area contributed by atoms with Gasteiger partial charge in [0.25, 0.3) is 11.8 Å². The Morgan fingerprint density at radius 2 is 1.81 bits per heavy atom. The summed E-state index contributed by atoms with van der Waals surface area (Å²) in [5, 5.41) is 0. The Morgan fingerprint density at radius 3 is 2.41 bits per heavy atom. The van der Waals surface area contributed by atoms with Crippen LogP contribution in [0.5, 0.6) is 11.5 Å².